The summed E-state index contributed by atoms with van der Waals surface area (Å²) in [6, 6.07) is 5.92. The SMILES string of the molecule is Cc1cccc(C)c1NC(=O)C(C)N1CCOCC1. The number of anilines is 1. The Balaban J connectivity index is 2.04. The Morgan fingerprint density at radius 3 is 2.42 bits per heavy atom. The lowest BCUT2D eigenvalue weighted by atomic mass is 10.1. The van der Waals surface area contributed by atoms with Gasteiger partial charge in [-0.15, -0.1) is 0 Å². The van der Waals surface area contributed by atoms with Crippen molar-refractivity contribution in [3.63, 3.8) is 0 Å². The first-order chi connectivity index (χ1) is 9.09. The third-order valence-electron chi connectivity index (χ3n) is 3.70. The van der Waals surface area contributed by atoms with E-state index in [1.807, 2.05) is 39.0 Å². The molecule has 0 aromatic heterocycles. The van der Waals surface area contributed by atoms with E-state index in [9.17, 15) is 4.79 Å². The molecule has 1 saturated heterocycles. The molecule has 0 bridgehead atoms. The van der Waals surface area contributed by atoms with Crippen LogP contribution < -0.4 is 5.32 Å². The molecule has 19 heavy (non-hydrogen) atoms. The molecular weight excluding hydrogens is 240 g/mol. The van der Waals surface area contributed by atoms with Crippen molar-refractivity contribution in [2.45, 2.75) is 26.8 Å². The number of morpholine rings is 1. The van der Waals surface area contributed by atoms with Crippen LogP contribution in [0.15, 0.2) is 18.2 Å². The molecule has 104 valence electrons. The average Bonchev–Trinajstić information content (AvgIpc) is 2.43. The molecule has 1 aromatic rings. The van der Waals surface area contributed by atoms with Gasteiger partial charge in [-0.1, -0.05) is 18.2 Å². The summed E-state index contributed by atoms with van der Waals surface area (Å²) in [7, 11) is 0. The molecule has 0 aliphatic carbocycles. The van der Waals surface area contributed by atoms with Gasteiger partial charge in [-0.3, -0.25) is 9.69 Å². The molecule has 1 aromatic carbocycles. The second-order valence-corrected chi connectivity index (χ2v) is 5.08. The van der Waals surface area contributed by atoms with Crippen LogP contribution in [0.4, 0.5) is 5.69 Å². The molecule has 1 atom stereocenters. The maximum atomic E-state index is 12.3. The number of rotatable bonds is 3. The second-order valence-electron chi connectivity index (χ2n) is 5.08. The lowest BCUT2D eigenvalue weighted by Gasteiger charge is -2.31. The smallest absolute Gasteiger partial charge is 0.241 e. The highest BCUT2D eigenvalue weighted by molar-refractivity contribution is 5.95. The van der Waals surface area contributed by atoms with E-state index >= 15 is 0 Å². The quantitative estimate of drug-likeness (QED) is 0.905. The molecule has 1 aliphatic rings. The summed E-state index contributed by atoms with van der Waals surface area (Å²) in [6.07, 6.45) is 0. The summed E-state index contributed by atoms with van der Waals surface area (Å²) in [5.41, 5.74) is 3.14. The fourth-order valence-electron chi connectivity index (χ4n) is 2.37. The van der Waals surface area contributed by atoms with E-state index in [0.29, 0.717) is 13.2 Å². The topological polar surface area (TPSA) is 41.6 Å². The van der Waals surface area contributed by atoms with Crippen molar-refractivity contribution in [2.24, 2.45) is 0 Å². The van der Waals surface area contributed by atoms with Crippen LogP contribution in [-0.4, -0.2) is 43.2 Å². The minimum atomic E-state index is -0.122. The number of carbonyl (C=O) groups excluding carboxylic acids is 1. The van der Waals surface area contributed by atoms with Gasteiger partial charge in [-0.25, -0.2) is 0 Å². The van der Waals surface area contributed by atoms with E-state index in [0.717, 1.165) is 29.9 Å². The molecule has 4 nitrogen and oxygen atoms in total. The van der Waals surface area contributed by atoms with Crippen LogP contribution in [0.3, 0.4) is 0 Å². The van der Waals surface area contributed by atoms with Gasteiger partial charge in [0.2, 0.25) is 5.91 Å². The molecule has 1 aliphatic heterocycles. The van der Waals surface area contributed by atoms with Crippen molar-refractivity contribution in [1.82, 2.24) is 4.90 Å². The number of para-hydroxylation sites is 1. The van der Waals surface area contributed by atoms with Gasteiger partial charge in [-0.2, -0.15) is 0 Å². The highest BCUT2D eigenvalue weighted by Gasteiger charge is 2.23. The Hall–Kier alpha value is -1.39. The Morgan fingerprint density at radius 1 is 1.26 bits per heavy atom. The molecule has 1 unspecified atom stereocenters. The normalized spacial score (nSPS) is 18.1. The first kappa shape index (κ1) is 14.0. The highest BCUT2D eigenvalue weighted by Crippen LogP contribution is 2.20. The third kappa shape index (κ3) is 3.33. The zero-order valence-corrected chi connectivity index (χ0v) is 11.9. The van der Waals surface area contributed by atoms with E-state index < -0.39 is 0 Å². The predicted molar refractivity (Wildman–Crippen MR) is 76.4 cm³/mol. The number of ether oxygens (including phenoxy) is 1. The summed E-state index contributed by atoms with van der Waals surface area (Å²) < 4.78 is 5.31. The van der Waals surface area contributed by atoms with Crippen molar-refractivity contribution in [3.8, 4) is 0 Å². The number of nitrogens with zero attached hydrogens (tertiary/aromatic N) is 1. The van der Waals surface area contributed by atoms with Crippen molar-refractivity contribution in [2.75, 3.05) is 31.6 Å². The summed E-state index contributed by atoms with van der Waals surface area (Å²) in [5, 5.41) is 3.05. The molecule has 1 fully saturated rings. The van der Waals surface area contributed by atoms with Crippen LogP contribution in [-0.2, 0) is 9.53 Å². The minimum absolute atomic E-state index is 0.0549. The summed E-state index contributed by atoms with van der Waals surface area (Å²) in [4.78, 5) is 14.5. The zero-order chi connectivity index (χ0) is 13.8. The number of amides is 1. The first-order valence-electron chi connectivity index (χ1n) is 6.78. The maximum absolute atomic E-state index is 12.3. The van der Waals surface area contributed by atoms with Gasteiger partial charge in [0.25, 0.3) is 0 Å². The van der Waals surface area contributed by atoms with Crippen LogP contribution in [0.5, 0.6) is 0 Å². The lowest BCUT2D eigenvalue weighted by Crippen LogP contribution is -2.47. The van der Waals surface area contributed by atoms with Gasteiger partial charge in [0, 0.05) is 18.8 Å². The van der Waals surface area contributed by atoms with E-state index in [2.05, 4.69) is 10.2 Å². The molecule has 1 N–H and O–H groups in total. The van der Waals surface area contributed by atoms with E-state index in [4.69, 9.17) is 4.74 Å². The van der Waals surface area contributed by atoms with Gasteiger partial charge in [0.15, 0.2) is 0 Å². The van der Waals surface area contributed by atoms with Gasteiger partial charge >= 0.3 is 0 Å². The average molecular weight is 262 g/mol. The third-order valence-corrected chi connectivity index (χ3v) is 3.70. The minimum Gasteiger partial charge on any atom is -0.379 e. The largest absolute Gasteiger partial charge is 0.379 e. The van der Waals surface area contributed by atoms with Crippen LogP contribution >= 0.6 is 0 Å². The number of hydrogen-bond acceptors (Lipinski definition) is 3. The van der Waals surface area contributed by atoms with Crippen molar-refractivity contribution in [1.29, 1.82) is 0 Å². The Morgan fingerprint density at radius 2 is 1.84 bits per heavy atom. The molecular formula is C15H22N2O2. The molecule has 1 amide bonds. The summed E-state index contributed by atoms with van der Waals surface area (Å²) in [5.74, 6) is 0.0549. The molecule has 0 radical (unpaired) electrons. The summed E-state index contributed by atoms with van der Waals surface area (Å²) >= 11 is 0. The molecule has 0 spiro atoms. The van der Waals surface area contributed by atoms with Gasteiger partial charge in [0.05, 0.1) is 19.3 Å². The van der Waals surface area contributed by atoms with Crippen molar-refractivity contribution >= 4 is 11.6 Å². The van der Waals surface area contributed by atoms with Gasteiger partial charge in [-0.05, 0) is 31.9 Å². The van der Waals surface area contributed by atoms with Crippen LogP contribution in [0.2, 0.25) is 0 Å². The molecule has 0 saturated carbocycles. The van der Waals surface area contributed by atoms with Crippen molar-refractivity contribution in [3.05, 3.63) is 29.3 Å². The Kier molecular flexibility index (Phi) is 4.56. The van der Waals surface area contributed by atoms with Crippen LogP contribution in [0, 0.1) is 13.8 Å². The van der Waals surface area contributed by atoms with Crippen LogP contribution in [0.25, 0.3) is 0 Å². The van der Waals surface area contributed by atoms with Gasteiger partial charge in [0.1, 0.15) is 0 Å². The fourth-order valence-corrected chi connectivity index (χ4v) is 2.37. The summed E-state index contributed by atoms with van der Waals surface area (Å²) in [6.45, 7) is 9.04. The number of aryl methyl sites for hydroxylation is 2. The highest BCUT2D eigenvalue weighted by atomic mass is 16.5. The van der Waals surface area contributed by atoms with Crippen LogP contribution in [0.1, 0.15) is 18.1 Å². The molecule has 4 heteroatoms. The monoisotopic (exact) mass is 262 g/mol. The van der Waals surface area contributed by atoms with E-state index in [-0.39, 0.29) is 11.9 Å². The maximum Gasteiger partial charge on any atom is 0.241 e. The van der Waals surface area contributed by atoms with E-state index in [1.54, 1.807) is 0 Å². The standard InChI is InChI=1S/C15H22N2O2/c1-11-5-4-6-12(2)14(11)16-15(18)13(3)17-7-9-19-10-8-17/h4-6,13H,7-10H2,1-3H3,(H,16,18). The van der Waals surface area contributed by atoms with E-state index in [1.165, 1.54) is 0 Å². The number of hydrogen-bond donors (Lipinski definition) is 1. The first-order valence-corrected chi connectivity index (χ1v) is 6.78. The molecule has 2 rings (SSSR count). The number of carbonyl (C=O) groups is 1. The fraction of sp³-hybridized carbons (Fsp3) is 0.533. The van der Waals surface area contributed by atoms with Gasteiger partial charge < -0.3 is 10.1 Å². The number of benzene rings is 1. The lowest BCUT2D eigenvalue weighted by molar-refractivity contribution is -0.122. The Labute approximate surface area is 114 Å². The second kappa shape index (κ2) is 6.17. The zero-order valence-electron chi connectivity index (χ0n) is 11.9. The number of nitrogens with one attached hydrogen (secondary N) is 1. The molecule has 1 heterocycles. The Bertz CT molecular complexity index is 433. The predicted octanol–water partition coefficient (Wildman–Crippen LogP) is 1.96. The van der Waals surface area contributed by atoms with Crippen molar-refractivity contribution < 1.29 is 9.53 Å².